The number of nitrogens with zero attached hydrogens (tertiary/aromatic N) is 1. The molecule has 0 saturated heterocycles. The van der Waals surface area contributed by atoms with Crippen LogP contribution in [0.5, 0.6) is 0 Å². The minimum atomic E-state index is -0.954. The van der Waals surface area contributed by atoms with E-state index >= 15 is 0 Å². The Morgan fingerprint density at radius 2 is 2.15 bits per heavy atom. The lowest BCUT2D eigenvalue weighted by molar-refractivity contribution is -0.116. The smallest absolute Gasteiger partial charge is 0.414 e. The van der Waals surface area contributed by atoms with Crippen LogP contribution in [0, 0.1) is 17.1 Å². The second kappa shape index (κ2) is 7.53. The fourth-order valence-electron chi connectivity index (χ4n) is 1.20. The summed E-state index contributed by atoms with van der Waals surface area (Å²) in [6.45, 7) is 1.67. The monoisotopic (exact) mass is 277 g/mol. The highest BCUT2D eigenvalue weighted by atomic mass is 19.1. The number of nitrogens with one attached hydrogen (secondary N) is 2. The third kappa shape index (κ3) is 4.42. The molecule has 0 aliphatic heterocycles. The molecule has 0 aliphatic carbocycles. The van der Waals surface area contributed by atoms with Crippen LogP contribution in [-0.4, -0.2) is 18.6 Å². The van der Waals surface area contributed by atoms with Crippen LogP contribution in [0.25, 0.3) is 0 Å². The zero-order valence-corrected chi connectivity index (χ0v) is 10.6. The molecule has 0 heterocycles. The maximum Gasteiger partial charge on any atom is 0.414 e. The highest BCUT2D eigenvalue weighted by Gasteiger charge is 2.13. The first-order valence-electron chi connectivity index (χ1n) is 5.68. The van der Waals surface area contributed by atoms with Crippen molar-refractivity contribution in [3.8, 4) is 6.07 Å². The van der Waals surface area contributed by atoms with Crippen molar-refractivity contribution in [1.29, 1.82) is 5.26 Å². The van der Waals surface area contributed by atoms with Gasteiger partial charge in [-0.05, 0) is 19.1 Å². The van der Waals surface area contributed by atoms with Crippen LogP contribution in [0.15, 0.2) is 36.0 Å². The summed E-state index contributed by atoms with van der Waals surface area (Å²) in [6.07, 6.45) is 0.0528. The first kappa shape index (κ1) is 15.2. The summed E-state index contributed by atoms with van der Waals surface area (Å²) in [5.74, 6) is -1.47. The molecular weight excluding hydrogens is 265 g/mol. The van der Waals surface area contributed by atoms with Crippen molar-refractivity contribution in [1.82, 2.24) is 5.32 Å². The van der Waals surface area contributed by atoms with Gasteiger partial charge in [0.25, 0.3) is 5.91 Å². The van der Waals surface area contributed by atoms with E-state index in [0.29, 0.717) is 0 Å². The van der Waals surface area contributed by atoms with Crippen molar-refractivity contribution in [2.45, 2.75) is 6.92 Å². The molecule has 2 amide bonds. The number of amides is 2. The number of imide groups is 1. The molecule has 0 atom stereocenters. The highest BCUT2D eigenvalue weighted by Crippen LogP contribution is 2.12. The fraction of sp³-hybridized carbons (Fsp3) is 0.154. The van der Waals surface area contributed by atoms with E-state index in [1.807, 2.05) is 5.32 Å². The number of nitriles is 1. The number of ether oxygens (including phenoxy) is 1. The Balaban J connectivity index is 2.73. The van der Waals surface area contributed by atoms with Crippen LogP contribution in [0.1, 0.15) is 6.92 Å². The van der Waals surface area contributed by atoms with Crippen molar-refractivity contribution < 1.29 is 18.7 Å². The molecule has 0 aliphatic rings. The number of benzene rings is 1. The molecule has 0 unspecified atom stereocenters. The van der Waals surface area contributed by atoms with Gasteiger partial charge in [0.1, 0.15) is 17.5 Å². The number of carbonyl (C=O) groups excluding carboxylic acids is 2. The number of hydrogen-bond donors (Lipinski definition) is 2. The molecule has 0 saturated carbocycles. The zero-order valence-electron chi connectivity index (χ0n) is 10.6. The lowest BCUT2D eigenvalue weighted by Crippen LogP contribution is -2.32. The molecule has 104 valence electrons. The average molecular weight is 277 g/mol. The van der Waals surface area contributed by atoms with Crippen LogP contribution in [0.2, 0.25) is 0 Å². The number of alkyl carbamates (subject to hydrolysis) is 1. The number of halogens is 1. The summed E-state index contributed by atoms with van der Waals surface area (Å²) >= 11 is 0. The van der Waals surface area contributed by atoms with E-state index in [-0.39, 0.29) is 17.9 Å². The van der Waals surface area contributed by atoms with Crippen molar-refractivity contribution in [2.75, 3.05) is 11.9 Å². The van der Waals surface area contributed by atoms with Crippen LogP contribution in [-0.2, 0) is 9.53 Å². The molecule has 0 fully saturated rings. The van der Waals surface area contributed by atoms with E-state index in [2.05, 4.69) is 10.1 Å². The maximum atomic E-state index is 13.3. The predicted octanol–water partition coefficient (Wildman–Crippen LogP) is 1.92. The Morgan fingerprint density at radius 1 is 1.45 bits per heavy atom. The van der Waals surface area contributed by atoms with Crippen LogP contribution < -0.4 is 10.6 Å². The van der Waals surface area contributed by atoms with Gasteiger partial charge in [0.2, 0.25) is 0 Å². The van der Waals surface area contributed by atoms with Gasteiger partial charge in [-0.25, -0.2) is 9.18 Å². The molecule has 7 heteroatoms. The average Bonchev–Trinajstić information content (AvgIpc) is 2.41. The summed E-state index contributed by atoms with van der Waals surface area (Å²) < 4.78 is 17.8. The van der Waals surface area contributed by atoms with Crippen molar-refractivity contribution in [2.24, 2.45) is 0 Å². The van der Waals surface area contributed by atoms with Crippen LogP contribution in [0.3, 0.4) is 0 Å². The van der Waals surface area contributed by atoms with E-state index in [9.17, 15) is 14.0 Å². The van der Waals surface area contributed by atoms with Crippen LogP contribution >= 0.6 is 0 Å². The second-order valence-electron chi connectivity index (χ2n) is 3.47. The minimum absolute atomic E-state index is 0.0954. The lowest BCUT2D eigenvalue weighted by Gasteiger charge is -2.04. The number of carbonyl (C=O) groups is 2. The zero-order chi connectivity index (χ0) is 15.0. The normalized spacial score (nSPS) is 10.3. The van der Waals surface area contributed by atoms with Gasteiger partial charge < -0.3 is 10.1 Å². The Labute approximate surface area is 114 Å². The van der Waals surface area contributed by atoms with Crippen LogP contribution in [0.4, 0.5) is 14.9 Å². The standard InChI is InChI=1S/C13H12FN3O3/c1-2-20-13(19)17-12(18)9(7-15)8-16-11-6-4-3-5-10(11)14/h3-6,8,16H,2H2,1H3,(H,17,18,19)/b9-8-. The molecule has 1 aromatic rings. The molecule has 0 aromatic heterocycles. The van der Waals surface area contributed by atoms with E-state index in [1.165, 1.54) is 18.2 Å². The number of rotatable bonds is 4. The van der Waals surface area contributed by atoms with Crippen molar-refractivity contribution in [3.63, 3.8) is 0 Å². The van der Waals surface area contributed by atoms with Gasteiger partial charge in [-0.15, -0.1) is 0 Å². The van der Waals surface area contributed by atoms with Gasteiger partial charge in [0.15, 0.2) is 0 Å². The topological polar surface area (TPSA) is 91.2 Å². The van der Waals surface area contributed by atoms with Crippen molar-refractivity contribution in [3.05, 3.63) is 41.9 Å². The Hall–Kier alpha value is -2.88. The fourth-order valence-corrected chi connectivity index (χ4v) is 1.20. The Bertz CT molecular complexity index is 578. The lowest BCUT2D eigenvalue weighted by atomic mass is 10.2. The van der Waals surface area contributed by atoms with Gasteiger partial charge in [-0.2, -0.15) is 5.26 Å². The Kier molecular flexibility index (Phi) is 5.72. The molecule has 20 heavy (non-hydrogen) atoms. The van der Waals surface area contributed by atoms with Gasteiger partial charge in [0, 0.05) is 6.20 Å². The summed E-state index contributed by atoms with van der Waals surface area (Å²) in [4.78, 5) is 22.6. The SMILES string of the molecule is CCOC(=O)NC(=O)/C(C#N)=C\Nc1ccccc1F. The summed E-state index contributed by atoms with van der Waals surface area (Å²) in [5, 5.41) is 13.2. The highest BCUT2D eigenvalue weighted by molar-refractivity contribution is 6.05. The van der Waals surface area contributed by atoms with E-state index < -0.39 is 17.8 Å². The van der Waals surface area contributed by atoms with Crippen molar-refractivity contribution >= 4 is 17.7 Å². The molecule has 0 bridgehead atoms. The first-order chi connectivity index (χ1) is 9.58. The molecule has 0 radical (unpaired) electrons. The molecule has 1 rings (SSSR count). The largest absolute Gasteiger partial charge is 0.450 e. The maximum absolute atomic E-state index is 13.3. The third-order valence-electron chi connectivity index (χ3n) is 2.10. The first-order valence-corrected chi connectivity index (χ1v) is 5.68. The second-order valence-corrected chi connectivity index (χ2v) is 3.47. The number of anilines is 1. The van der Waals surface area contributed by atoms with E-state index in [4.69, 9.17) is 5.26 Å². The molecule has 6 nitrogen and oxygen atoms in total. The molecule has 2 N–H and O–H groups in total. The quantitative estimate of drug-likeness (QED) is 0.648. The Morgan fingerprint density at radius 3 is 2.75 bits per heavy atom. The molecule has 0 spiro atoms. The van der Waals surface area contributed by atoms with Gasteiger partial charge in [-0.1, -0.05) is 12.1 Å². The molecular formula is C13H12FN3O3. The number of hydrogen-bond acceptors (Lipinski definition) is 5. The number of para-hydroxylation sites is 1. The summed E-state index contributed by atoms with van der Waals surface area (Å²) in [6, 6.07) is 7.34. The predicted molar refractivity (Wildman–Crippen MR) is 68.9 cm³/mol. The van der Waals surface area contributed by atoms with E-state index in [0.717, 1.165) is 6.20 Å². The van der Waals surface area contributed by atoms with Gasteiger partial charge in [0.05, 0.1) is 12.3 Å². The van der Waals surface area contributed by atoms with Gasteiger partial charge >= 0.3 is 6.09 Å². The molecule has 1 aromatic carbocycles. The summed E-state index contributed by atoms with van der Waals surface area (Å²) in [5.41, 5.74) is -0.287. The van der Waals surface area contributed by atoms with Gasteiger partial charge in [-0.3, -0.25) is 10.1 Å². The third-order valence-corrected chi connectivity index (χ3v) is 2.10. The summed E-state index contributed by atoms with van der Waals surface area (Å²) in [7, 11) is 0. The van der Waals surface area contributed by atoms with E-state index in [1.54, 1.807) is 19.1 Å². The minimum Gasteiger partial charge on any atom is -0.450 e.